The summed E-state index contributed by atoms with van der Waals surface area (Å²) >= 11 is 0. The third-order valence-electron chi connectivity index (χ3n) is 3.99. The molecule has 0 spiro atoms. The highest BCUT2D eigenvalue weighted by atomic mass is 16.1. The van der Waals surface area contributed by atoms with Gasteiger partial charge in [0.15, 0.2) is 0 Å². The maximum absolute atomic E-state index is 11.5. The summed E-state index contributed by atoms with van der Waals surface area (Å²) in [6, 6.07) is 2.26. The van der Waals surface area contributed by atoms with Gasteiger partial charge in [0.1, 0.15) is 11.6 Å². The van der Waals surface area contributed by atoms with Gasteiger partial charge >= 0.3 is 0 Å². The summed E-state index contributed by atoms with van der Waals surface area (Å²) in [6.45, 7) is 6.33. The molecule has 2 aliphatic rings. The van der Waals surface area contributed by atoms with E-state index in [1.807, 2.05) is 6.92 Å². The van der Waals surface area contributed by atoms with Crippen molar-refractivity contribution < 1.29 is 0 Å². The van der Waals surface area contributed by atoms with Crippen LogP contribution in [0.4, 0.5) is 5.82 Å². The minimum atomic E-state index is -0.0536. The summed E-state index contributed by atoms with van der Waals surface area (Å²) < 4.78 is 0. The standard InChI is InChI=1S/C13H20N4O/c1-10-14-12(8-13(18)15-10)17-7-4-11(9-17)16-5-2-3-6-16/h8,11H,2-7,9H2,1H3,(H,14,15,18). The second-order valence-electron chi connectivity index (χ2n) is 5.32. The van der Waals surface area contributed by atoms with Crippen LogP contribution in [0.5, 0.6) is 0 Å². The van der Waals surface area contributed by atoms with Crippen LogP contribution in [0.25, 0.3) is 0 Å². The van der Waals surface area contributed by atoms with E-state index in [0.717, 1.165) is 18.9 Å². The Balaban J connectivity index is 1.72. The van der Waals surface area contributed by atoms with Crippen molar-refractivity contribution in [1.29, 1.82) is 0 Å². The van der Waals surface area contributed by atoms with E-state index in [1.165, 1.54) is 32.4 Å². The highest BCUT2D eigenvalue weighted by Gasteiger charge is 2.29. The maximum atomic E-state index is 11.5. The highest BCUT2D eigenvalue weighted by Crippen LogP contribution is 2.23. The van der Waals surface area contributed by atoms with Crippen molar-refractivity contribution in [2.45, 2.75) is 32.2 Å². The molecule has 2 saturated heterocycles. The number of nitrogens with one attached hydrogen (secondary N) is 1. The van der Waals surface area contributed by atoms with Crippen LogP contribution < -0.4 is 10.5 Å². The van der Waals surface area contributed by atoms with Crippen molar-refractivity contribution in [1.82, 2.24) is 14.9 Å². The minimum Gasteiger partial charge on any atom is -0.355 e. The second kappa shape index (κ2) is 4.72. The van der Waals surface area contributed by atoms with Crippen LogP contribution in [0, 0.1) is 6.92 Å². The molecule has 0 aromatic carbocycles. The van der Waals surface area contributed by atoms with E-state index in [9.17, 15) is 4.79 Å². The first-order chi connectivity index (χ1) is 8.72. The third-order valence-corrected chi connectivity index (χ3v) is 3.99. The van der Waals surface area contributed by atoms with Crippen LogP contribution in [0.2, 0.25) is 0 Å². The summed E-state index contributed by atoms with van der Waals surface area (Å²) in [5, 5.41) is 0. The molecule has 18 heavy (non-hydrogen) atoms. The smallest absolute Gasteiger partial charge is 0.252 e. The fraction of sp³-hybridized carbons (Fsp3) is 0.692. The SMILES string of the molecule is Cc1nc(N2CCC(N3CCCC3)C2)cc(=O)[nH]1. The van der Waals surface area contributed by atoms with E-state index < -0.39 is 0 Å². The summed E-state index contributed by atoms with van der Waals surface area (Å²) in [5.41, 5.74) is -0.0536. The number of likely N-dealkylation sites (tertiary alicyclic amines) is 1. The lowest BCUT2D eigenvalue weighted by Crippen LogP contribution is -2.35. The topological polar surface area (TPSA) is 52.2 Å². The molecule has 1 atom stereocenters. The molecule has 1 aromatic heterocycles. The summed E-state index contributed by atoms with van der Waals surface area (Å²) in [7, 11) is 0. The first-order valence-electron chi connectivity index (χ1n) is 6.79. The third kappa shape index (κ3) is 2.27. The van der Waals surface area contributed by atoms with Gasteiger partial charge in [-0.05, 0) is 39.3 Å². The molecule has 3 rings (SSSR count). The molecule has 0 amide bonds. The molecular weight excluding hydrogens is 228 g/mol. The molecule has 3 heterocycles. The lowest BCUT2D eigenvalue weighted by Gasteiger charge is -2.24. The van der Waals surface area contributed by atoms with Crippen LogP contribution in [-0.2, 0) is 0 Å². The van der Waals surface area contributed by atoms with Crippen LogP contribution in [0.3, 0.4) is 0 Å². The van der Waals surface area contributed by atoms with E-state index in [2.05, 4.69) is 19.8 Å². The zero-order chi connectivity index (χ0) is 12.5. The number of H-pyrrole nitrogens is 1. The van der Waals surface area contributed by atoms with Crippen LogP contribution in [-0.4, -0.2) is 47.1 Å². The van der Waals surface area contributed by atoms with Crippen LogP contribution in [0.1, 0.15) is 25.1 Å². The molecule has 5 nitrogen and oxygen atoms in total. The number of aryl methyl sites for hydroxylation is 1. The predicted octanol–water partition coefficient (Wildman–Crippen LogP) is 0.753. The number of nitrogens with zero attached hydrogens (tertiary/aromatic N) is 3. The van der Waals surface area contributed by atoms with Gasteiger partial charge in [0.25, 0.3) is 5.56 Å². The Labute approximate surface area is 107 Å². The van der Waals surface area contributed by atoms with Gasteiger partial charge in [-0.2, -0.15) is 0 Å². The lowest BCUT2D eigenvalue weighted by molar-refractivity contribution is 0.260. The van der Waals surface area contributed by atoms with Gasteiger partial charge < -0.3 is 9.88 Å². The van der Waals surface area contributed by atoms with Crippen molar-refractivity contribution in [3.8, 4) is 0 Å². The lowest BCUT2D eigenvalue weighted by atomic mass is 10.2. The normalized spacial score (nSPS) is 24.9. The summed E-state index contributed by atoms with van der Waals surface area (Å²) in [6.07, 6.45) is 3.85. The first-order valence-corrected chi connectivity index (χ1v) is 6.79. The molecule has 0 radical (unpaired) electrons. The Morgan fingerprint density at radius 1 is 1.33 bits per heavy atom. The van der Waals surface area contributed by atoms with Crippen molar-refractivity contribution in [2.75, 3.05) is 31.1 Å². The van der Waals surface area contributed by atoms with Crippen molar-refractivity contribution in [2.24, 2.45) is 0 Å². The molecule has 2 aliphatic heterocycles. The Kier molecular flexibility index (Phi) is 3.07. The van der Waals surface area contributed by atoms with Gasteiger partial charge in [-0.1, -0.05) is 0 Å². The van der Waals surface area contributed by atoms with Gasteiger partial charge in [-0.15, -0.1) is 0 Å². The molecular formula is C13H20N4O. The number of rotatable bonds is 2. The zero-order valence-corrected chi connectivity index (χ0v) is 10.9. The number of aromatic amines is 1. The van der Waals surface area contributed by atoms with Gasteiger partial charge in [-0.3, -0.25) is 9.69 Å². The average molecular weight is 248 g/mol. The monoisotopic (exact) mass is 248 g/mol. The van der Waals surface area contributed by atoms with Gasteiger partial charge in [0, 0.05) is 25.2 Å². The molecule has 98 valence electrons. The average Bonchev–Trinajstić information content (AvgIpc) is 2.99. The van der Waals surface area contributed by atoms with Gasteiger partial charge in [0.05, 0.1) is 0 Å². The molecule has 1 N–H and O–H groups in total. The van der Waals surface area contributed by atoms with E-state index in [0.29, 0.717) is 11.9 Å². The molecule has 0 saturated carbocycles. The Hall–Kier alpha value is -1.36. The molecule has 0 bridgehead atoms. The quantitative estimate of drug-likeness (QED) is 0.839. The van der Waals surface area contributed by atoms with E-state index in [-0.39, 0.29) is 5.56 Å². The Morgan fingerprint density at radius 2 is 2.11 bits per heavy atom. The molecule has 0 aliphatic carbocycles. The maximum Gasteiger partial charge on any atom is 0.252 e. The van der Waals surface area contributed by atoms with E-state index in [1.54, 1.807) is 6.07 Å². The Morgan fingerprint density at radius 3 is 2.83 bits per heavy atom. The number of hydrogen-bond acceptors (Lipinski definition) is 4. The van der Waals surface area contributed by atoms with Gasteiger partial charge in [-0.25, -0.2) is 4.98 Å². The fourth-order valence-electron chi connectivity index (χ4n) is 3.08. The molecule has 5 heteroatoms. The largest absolute Gasteiger partial charge is 0.355 e. The fourth-order valence-corrected chi connectivity index (χ4v) is 3.08. The van der Waals surface area contributed by atoms with Crippen molar-refractivity contribution in [3.05, 3.63) is 22.2 Å². The molecule has 1 aromatic rings. The number of anilines is 1. The Bertz CT molecular complexity index is 478. The molecule has 2 fully saturated rings. The summed E-state index contributed by atoms with van der Waals surface area (Å²) in [4.78, 5) is 23.4. The van der Waals surface area contributed by atoms with Gasteiger partial charge in [0.2, 0.25) is 0 Å². The van der Waals surface area contributed by atoms with Crippen LogP contribution in [0.15, 0.2) is 10.9 Å². The van der Waals surface area contributed by atoms with Crippen molar-refractivity contribution >= 4 is 5.82 Å². The zero-order valence-electron chi connectivity index (χ0n) is 10.9. The highest BCUT2D eigenvalue weighted by molar-refractivity contribution is 5.39. The van der Waals surface area contributed by atoms with Crippen molar-refractivity contribution in [3.63, 3.8) is 0 Å². The van der Waals surface area contributed by atoms with E-state index >= 15 is 0 Å². The number of aromatic nitrogens is 2. The molecule has 1 unspecified atom stereocenters. The number of hydrogen-bond donors (Lipinski definition) is 1. The first kappa shape index (κ1) is 11.7. The van der Waals surface area contributed by atoms with Crippen LogP contribution >= 0.6 is 0 Å². The second-order valence-corrected chi connectivity index (χ2v) is 5.32. The van der Waals surface area contributed by atoms with E-state index in [4.69, 9.17) is 0 Å². The minimum absolute atomic E-state index is 0.0536. The predicted molar refractivity (Wildman–Crippen MR) is 71.0 cm³/mol. The summed E-state index contributed by atoms with van der Waals surface area (Å²) in [5.74, 6) is 1.53.